The summed E-state index contributed by atoms with van der Waals surface area (Å²) in [6.07, 6.45) is 0. The molecule has 7 nitrogen and oxygen atoms in total. The van der Waals surface area contributed by atoms with Crippen LogP contribution >= 0.6 is 0 Å². The topological polar surface area (TPSA) is 84.9 Å². The van der Waals surface area contributed by atoms with Gasteiger partial charge in [-0.05, 0) is 54.6 Å². The molecule has 3 aromatic carbocycles. The van der Waals surface area contributed by atoms with Crippen LogP contribution < -0.4 is 10.1 Å². The number of benzene rings is 3. The van der Waals surface area contributed by atoms with Crippen molar-refractivity contribution in [2.24, 2.45) is 0 Å². The molecule has 1 amide bonds. The molecule has 166 valence electrons. The summed E-state index contributed by atoms with van der Waals surface area (Å²) < 4.78 is 51.8. The number of morpholine rings is 1. The molecule has 0 unspecified atom stereocenters. The number of rotatable bonds is 6. The van der Waals surface area contributed by atoms with Crippen molar-refractivity contribution in [1.29, 1.82) is 0 Å². The molecule has 1 N–H and O–H groups in total. The van der Waals surface area contributed by atoms with E-state index in [1.807, 2.05) is 6.07 Å². The lowest BCUT2D eigenvalue weighted by Crippen LogP contribution is -2.40. The first-order valence-electron chi connectivity index (χ1n) is 9.95. The molecule has 0 atom stereocenters. The lowest BCUT2D eigenvalue weighted by molar-refractivity contribution is 0.0730. The van der Waals surface area contributed by atoms with E-state index >= 15 is 0 Å². The van der Waals surface area contributed by atoms with Crippen LogP contribution in [0.2, 0.25) is 0 Å². The summed E-state index contributed by atoms with van der Waals surface area (Å²) in [4.78, 5) is 12.7. The number of nitrogens with one attached hydrogen (secondary N) is 1. The first-order chi connectivity index (χ1) is 15.4. The predicted octanol–water partition coefficient (Wildman–Crippen LogP) is 3.89. The van der Waals surface area contributed by atoms with E-state index in [0.717, 1.165) is 0 Å². The number of anilines is 1. The summed E-state index contributed by atoms with van der Waals surface area (Å²) in [7, 11) is -3.78. The zero-order chi connectivity index (χ0) is 22.6. The van der Waals surface area contributed by atoms with Crippen LogP contribution in [-0.4, -0.2) is 44.9 Å². The van der Waals surface area contributed by atoms with Crippen LogP contribution in [0.15, 0.2) is 77.7 Å². The normalized spacial score (nSPS) is 14.7. The van der Waals surface area contributed by atoms with Crippen LogP contribution in [0.25, 0.3) is 0 Å². The molecule has 1 saturated heterocycles. The number of ether oxygens (including phenoxy) is 2. The van der Waals surface area contributed by atoms with Gasteiger partial charge in [-0.2, -0.15) is 4.31 Å². The third-order valence-electron chi connectivity index (χ3n) is 4.88. The fraction of sp³-hybridized carbons (Fsp3) is 0.174. The molecule has 1 aliphatic rings. The van der Waals surface area contributed by atoms with Crippen molar-refractivity contribution >= 4 is 21.6 Å². The van der Waals surface area contributed by atoms with E-state index < -0.39 is 21.7 Å². The minimum Gasteiger partial charge on any atom is -0.455 e. The molecule has 32 heavy (non-hydrogen) atoms. The smallest absolute Gasteiger partial charge is 0.255 e. The Morgan fingerprint density at radius 3 is 2.34 bits per heavy atom. The number of sulfonamides is 1. The van der Waals surface area contributed by atoms with E-state index in [1.54, 1.807) is 24.3 Å². The summed E-state index contributed by atoms with van der Waals surface area (Å²) in [6.45, 7) is 1.15. The third-order valence-corrected chi connectivity index (χ3v) is 6.78. The highest BCUT2D eigenvalue weighted by Crippen LogP contribution is 2.33. The summed E-state index contributed by atoms with van der Waals surface area (Å²) in [5.41, 5.74) is 0.399. The predicted molar refractivity (Wildman–Crippen MR) is 117 cm³/mol. The maximum absolute atomic E-state index is 13.2. The van der Waals surface area contributed by atoms with Gasteiger partial charge in [0.05, 0.1) is 23.8 Å². The van der Waals surface area contributed by atoms with Crippen molar-refractivity contribution in [3.8, 4) is 11.5 Å². The maximum Gasteiger partial charge on any atom is 0.255 e. The second kappa shape index (κ2) is 9.47. The number of amides is 1. The van der Waals surface area contributed by atoms with E-state index in [-0.39, 0.29) is 35.0 Å². The van der Waals surface area contributed by atoms with Gasteiger partial charge in [-0.25, -0.2) is 12.8 Å². The molecule has 1 aliphatic heterocycles. The van der Waals surface area contributed by atoms with Gasteiger partial charge in [0.2, 0.25) is 10.0 Å². The minimum absolute atomic E-state index is 0.0224. The van der Waals surface area contributed by atoms with Gasteiger partial charge < -0.3 is 14.8 Å². The van der Waals surface area contributed by atoms with Crippen LogP contribution in [0.5, 0.6) is 11.5 Å². The van der Waals surface area contributed by atoms with Crippen molar-refractivity contribution in [1.82, 2.24) is 4.31 Å². The highest BCUT2D eigenvalue weighted by Gasteiger charge is 2.27. The molecular weight excluding hydrogens is 435 g/mol. The fourth-order valence-electron chi connectivity index (χ4n) is 3.20. The molecule has 1 heterocycles. The molecule has 0 bridgehead atoms. The zero-order valence-corrected chi connectivity index (χ0v) is 17.8. The first-order valence-corrected chi connectivity index (χ1v) is 11.4. The summed E-state index contributed by atoms with van der Waals surface area (Å²) in [6, 6.07) is 18.3. The molecule has 4 rings (SSSR count). The van der Waals surface area contributed by atoms with Crippen molar-refractivity contribution in [2.75, 3.05) is 31.6 Å². The molecule has 3 aromatic rings. The zero-order valence-electron chi connectivity index (χ0n) is 17.0. The summed E-state index contributed by atoms with van der Waals surface area (Å²) in [5.74, 6) is -0.196. The maximum atomic E-state index is 13.2. The van der Waals surface area contributed by atoms with Crippen LogP contribution in [0.4, 0.5) is 10.1 Å². The van der Waals surface area contributed by atoms with Gasteiger partial charge >= 0.3 is 0 Å². The summed E-state index contributed by atoms with van der Waals surface area (Å²) in [5, 5.41) is 2.69. The molecule has 9 heteroatoms. The molecule has 0 saturated carbocycles. The molecule has 0 radical (unpaired) electrons. The molecule has 0 spiro atoms. The van der Waals surface area contributed by atoms with Gasteiger partial charge in [0, 0.05) is 18.7 Å². The standard InChI is InChI=1S/C23H21FN2O5S/c24-18-8-6-17(7-9-18)23(27)25-21-16-20(32(28,29)26-12-14-30-15-13-26)10-11-22(21)31-19-4-2-1-3-5-19/h1-11,16H,12-15H2,(H,25,27). The van der Waals surface area contributed by atoms with Crippen molar-refractivity contribution in [2.45, 2.75) is 4.90 Å². The number of halogens is 1. The monoisotopic (exact) mass is 456 g/mol. The average Bonchev–Trinajstić information content (AvgIpc) is 2.82. The van der Waals surface area contributed by atoms with E-state index in [2.05, 4.69) is 5.32 Å². The Balaban J connectivity index is 1.68. The number of nitrogens with zero attached hydrogens (tertiary/aromatic N) is 1. The Kier molecular flexibility index (Phi) is 6.50. The number of carbonyl (C=O) groups is 1. The van der Waals surface area contributed by atoms with Crippen LogP contribution in [0.3, 0.4) is 0 Å². The van der Waals surface area contributed by atoms with Crippen molar-refractivity contribution in [3.05, 3.63) is 84.2 Å². The van der Waals surface area contributed by atoms with Gasteiger partial charge in [0.15, 0.2) is 5.75 Å². The first kappa shape index (κ1) is 21.9. The second-order valence-corrected chi connectivity index (χ2v) is 8.99. The van der Waals surface area contributed by atoms with Crippen LogP contribution in [0.1, 0.15) is 10.4 Å². The highest BCUT2D eigenvalue weighted by molar-refractivity contribution is 7.89. The SMILES string of the molecule is O=C(Nc1cc(S(=O)(=O)N2CCOCC2)ccc1Oc1ccccc1)c1ccc(F)cc1. The number of hydrogen-bond acceptors (Lipinski definition) is 5. The number of carbonyl (C=O) groups excluding carboxylic acids is 1. The number of hydrogen-bond donors (Lipinski definition) is 1. The average molecular weight is 456 g/mol. The van der Waals surface area contributed by atoms with Gasteiger partial charge in [0.25, 0.3) is 5.91 Å². The van der Waals surface area contributed by atoms with Gasteiger partial charge in [-0.15, -0.1) is 0 Å². The molecule has 0 aromatic heterocycles. The largest absolute Gasteiger partial charge is 0.455 e. The Hall–Kier alpha value is -3.27. The van der Waals surface area contributed by atoms with Crippen LogP contribution in [-0.2, 0) is 14.8 Å². The number of para-hydroxylation sites is 1. The fourth-order valence-corrected chi connectivity index (χ4v) is 4.64. The minimum atomic E-state index is -3.78. The van der Waals surface area contributed by atoms with E-state index in [0.29, 0.717) is 19.0 Å². The molecular formula is C23H21FN2O5S. The van der Waals surface area contributed by atoms with E-state index in [9.17, 15) is 17.6 Å². The summed E-state index contributed by atoms with van der Waals surface area (Å²) >= 11 is 0. The Labute approximate surface area is 185 Å². The Morgan fingerprint density at radius 2 is 1.66 bits per heavy atom. The Bertz CT molecular complexity index is 1190. The Morgan fingerprint density at radius 1 is 0.969 bits per heavy atom. The highest BCUT2D eigenvalue weighted by atomic mass is 32.2. The lowest BCUT2D eigenvalue weighted by atomic mass is 10.2. The van der Waals surface area contributed by atoms with Gasteiger partial charge in [-0.3, -0.25) is 4.79 Å². The molecule has 0 aliphatic carbocycles. The van der Waals surface area contributed by atoms with Gasteiger partial charge in [-0.1, -0.05) is 18.2 Å². The third kappa shape index (κ3) is 4.96. The van der Waals surface area contributed by atoms with Crippen molar-refractivity contribution in [3.63, 3.8) is 0 Å². The van der Waals surface area contributed by atoms with Crippen LogP contribution in [0, 0.1) is 5.82 Å². The van der Waals surface area contributed by atoms with Crippen molar-refractivity contribution < 1.29 is 27.1 Å². The quantitative estimate of drug-likeness (QED) is 0.608. The van der Waals surface area contributed by atoms with E-state index in [1.165, 1.54) is 46.8 Å². The van der Waals surface area contributed by atoms with Gasteiger partial charge in [0.1, 0.15) is 11.6 Å². The lowest BCUT2D eigenvalue weighted by Gasteiger charge is -2.26. The second-order valence-electron chi connectivity index (χ2n) is 7.05. The van der Waals surface area contributed by atoms with E-state index in [4.69, 9.17) is 9.47 Å². The molecule has 1 fully saturated rings.